The van der Waals surface area contributed by atoms with Crippen molar-refractivity contribution in [1.29, 1.82) is 0 Å². The number of aliphatic imine (C=N–C) groups is 1. The van der Waals surface area contributed by atoms with E-state index in [-0.39, 0.29) is 0 Å². The Morgan fingerprint density at radius 3 is 2.92 bits per heavy atom. The van der Waals surface area contributed by atoms with Gasteiger partial charge in [-0.2, -0.15) is 0 Å². The molecule has 0 bridgehead atoms. The van der Waals surface area contributed by atoms with Crippen molar-refractivity contribution in [3.8, 4) is 0 Å². The van der Waals surface area contributed by atoms with Crippen molar-refractivity contribution < 1.29 is 4.74 Å². The number of nitrogens with zero attached hydrogens (tertiary/aromatic N) is 1. The Labute approximate surface area is 80.0 Å². The predicted octanol–water partition coefficient (Wildman–Crippen LogP) is 2.72. The summed E-state index contributed by atoms with van der Waals surface area (Å²) in [6.45, 7) is 3.88. The van der Waals surface area contributed by atoms with E-state index in [0.717, 1.165) is 38.3 Å². The molecule has 13 heavy (non-hydrogen) atoms. The SMILES string of the molecule is CCC=CC=CCC1=NCCCO1. The molecule has 2 nitrogen and oxygen atoms in total. The molecular formula is C11H17NO. The zero-order valence-electron chi connectivity index (χ0n) is 8.20. The van der Waals surface area contributed by atoms with Crippen molar-refractivity contribution in [3.63, 3.8) is 0 Å². The van der Waals surface area contributed by atoms with Gasteiger partial charge in [0, 0.05) is 19.4 Å². The van der Waals surface area contributed by atoms with Crippen LogP contribution in [0, 0.1) is 0 Å². The van der Waals surface area contributed by atoms with Gasteiger partial charge in [-0.15, -0.1) is 0 Å². The maximum atomic E-state index is 5.36. The minimum atomic E-state index is 0.827. The molecule has 0 unspecified atom stereocenters. The standard InChI is InChI=1S/C11H17NO/c1-2-3-4-5-6-8-11-12-9-7-10-13-11/h3-6H,2,7-10H2,1H3. The summed E-state index contributed by atoms with van der Waals surface area (Å²) in [5.74, 6) is 0.882. The number of hydrogen-bond acceptors (Lipinski definition) is 2. The first-order valence-electron chi connectivity index (χ1n) is 4.91. The second kappa shape index (κ2) is 6.46. The fourth-order valence-electron chi connectivity index (χ4n) is 1.09. The summed E-state index contributed by atoms with van der Waals surface area (Å²) in [5, 5.41) is 0. The molecule has 72 valence electrons. The van der Waals surface area contributed by atoms with Crippen LogP contribution in [0.4, 0.5) is 0 Å². The lowest BCUT2D eigenvalue weighted by atomic mass is 10.3. The molecule has 0 fully saturated rings. The molecule has 0 saturated carbocycles. The van der Waals surface area contributed by atoms with Crippen molar-refractivity contribution in [2.45, 2.75) is 26.2 Å². The summed E-state index contributed by atoms with van der Waals surface area (Å²) < 4.78 is 5.36. The molecule has 0 aromatic heterocycles. The van der Waals surface area contributed by atoms with Gasteiger partial charge in [-0.3, -0.25) is 4.99 Å². The van der Waals surface area contributed by atoms with Crippen LogP contribution in [0.15, 0.2) is 29.3 Å². The van der Waals surface area contributed by atoms with Crippen LogP contribution < -0.4 is 0 Å². The maximum absolute atomic E-state index is 5.36. The zero-order valence-corrected chi connectivity index (χ0v) is 8.20. The van der Waals surface area contributed by atoms with Crippen LogP contribution in [0.25, 0.3) is 0 Å². The molecule has 0 N–H and O–H groups in total. The van der Waals surface area contributed by atoms with E-state index in [2.05, 4.69) is 30.1 Å². The Bertz CT molecular complexity index is 216. The molecule has 0 radical (unpaired) electrons. The lowest BCUT2D eigenvalue weighted by Gasteiger charge is -2.11. The van der Waals surface area contributed by atoms with E-state index in [9.17, 15) is 0 Å². The molecule has 0 aromatic carbocycles. The van der Waals surface area contributed by atoms with E-state index in [0.29, 0.717) is 0 Å². The van der Waals surface area contributed by atoms with Gasteiger partial charge < -0.3 is 4.74 Å². The van der Waals surface area contributed by atoms with Crippen LogP contribution in [0.3, 0.4) is 0 Å². The number of allylic oxidation sites excluding steroid dienone is 3. The number of ether oxygens (including phenoxy) is 1. The predicted molar refractivity (Wildman–Crippen MR) is 56.1 cm³/mol. The molecule has 0 saturated heterocycles. The summed E-state index contributed by atoms with van der Waals surface area (Å²) in [5.41, 5.74) is 0. The fraction of sp³-hybridized carbons (Fsp3) is 0.545. The van der Waals surface area contributed by atoms with E-state index in [1.54, 1.807) is 0 Å². The Morgan fingerprint density at radius 1 is 1.38 bits per heavy atom. The molecule has 0 spiro atoms. The molecule has 0 aromatic rings. The summed E-state index contributed by atoms with van der Waals surface area (Å²) in [4.78, 5) is 4.27. The first-order valence-corrected chi connectivity index (χ1v) is 4.91. The second-order valence-electron chi connectivity index (χ2n) is 2.95. The third-order valence-electron chi connectivity index (χ3n) is 1.77. The van der Waals surface area contributed by atoms with Gasteiger partial charge in [-0.05, 0) is 6.42 Å². The van der Waals surface area contributed by atoms with Crippen LogP contribution in [0.2, 0.25) is 0 Å². The molecule has 1 aliphatic heterocycles. The van der Waals surface area contributed by atoms with Crippen molar-refractivity contribution in [1.82, 2.24) is 0 Å². The van der Waals surface area contributed by atoms with Crippen LogP contribution in [-0.2, 0) is 4.74 Å². The van der Waals surface area contributed by atoms with Gasteiger partial charge in [0.25, 0.3) is 0 Å². The minimum absolute atomic E-state index is 0.827. The third-order valence-corrected chi connectivity index (χ3v) is 1.77. The molecule has 0 amide bonds. The van der Waals surface area contributed by atoms with Gasteiger partial charge in [-0.25, -0.2) is 0 Å². The van der Waals surface area contributed by atoms with Crippen LogP contribution in [0.5, 0.6) is 0 Å². The van der Waals surface area contributed by atoms with E-state index in [1.165, 1.54) is 0 Å². The average molecular weight is 179 g/mol. The van der Waals surface area contributed by atoms with E-state index < -0.39 is 0 Å². The van der Waals surface area contributed by atoms with Crippen molar-refractivity contribution in [2.75, 3.05) is 13.2 Å². The van der Waals surface area contributed by atoms with Crippen molar-refractivity contribution >= 4 is 5.90 Å². The first kappa shape index (κ1) is 10.0. The first-order chi connectivity index (χ1) is 6.43. The Hall–Kier alpha value is -1.05. The summed E-state index contributed by atoms with van der Waals surface area (Å²) >= 11 is 0. The quantitative estimate of drug-likeness (QED) is 0.608. The Balaban J connectivity index is 2.21. The van der Waals surface area contributed by atoms with Gasteiger partial charge in [0.2, 0.25) is 0 Å². The molecule has 1 heterocycles. The lowest BCUT2D eigenvalue weighted by Crippen LogP contribution is -2.12. The van der Waals surface area contributed by atoms with Crippen molar-refractivity contribution in [2.24, 2.45) is 4.99 Å². The minimum Gasteiger partial charge on any atom is -0.481 e. The largest absolute Gasteiger partial charge is 0.481 e. The van der Waals surface area contributed by atoms with Gasteiger partial charge in [0.15, 0.2) is 5.90 Å². The van der Waals surface area contributed by atoms with Gasteiger partial charge in [-0.1, -0.05) is 31.2 Å². The molecule has 1 aliphatic rings. The molecule has 0 aliphatic carbocycles. The number of hydrogen-bond donors (Lipinski definition) is 0. The zero-order chi connectivity index (χ0) is 9.36. The summed E-state index contributed by atoms with van der Waals surface area (Å²) in [6, 6.07) is 0. The number of rotatable bonds is 4. The summed E-state index contributed by atoms with van der Waals surface area (Å²) in [6.07, 6.45) is 11.3. The topological polar surface area (TPSA) is 21.6 Å². The molecule has 2 heteroatoms. The van der Waals surface area contributed by atoms with Crippen molar-refractivity contribution in [3.05, 3.63) is 24.3 Å². The van der Waals surface area contributed by atoms with Crippen LogP contribution >= 0.6 is 0 Å². The normalized spacial score (nSPS) is 17.8. The highest BCUT2D eigenvalue weighted by atomic mass is 16.5. The second-order valence-corrected chi connectivity index (χ2v) is 2.95. The summed E-state index contributed by atoms with van der Waals surface area (Å²) in [7, 11) is 0. The fourth-order valence-corrected chi connectivity index (χ4v) is 1.09. The molecule has 0 atom stereocenters. The average Bonchev–Trinajstić information content (AvgIpc) is 2.19. The van der Waals surface area contributed by atoms with E-state index in [1.807, 2.05) is 6.08 Å². The molecule has 1 rings (SSSR count). The smallest absolute Gasteiger partial charge is 0.187 e. The van der Waals surface area contributed by atoms with Gasteiger partial charge in [0.05, 0.1) is 6.61 Å². The highest BCUT2D eigenvalue weighted by Crippen LogP contribution is 2.00. The van der Waals surface area contributed by atoms with E-state index >= 15 is 0 Å². The molecular weight excluding hydrogens is 162 g/mol. The lowest BCUT2D eigenvalue weighted by molar-refractivity contribution is 0.277. The van der Waals surface area contributed by atoms with Gasteiger partial charge >= 0.3 is 0 Å². The van der Waals surface area contributed by atoms with Crippen LogP contribution in [-0.4, -0.2) is 19.0 Å². The monoisotopic (exact) mass is 179 g/mol. The Kier molecular flexibility index (Phi) is 4.99. The highest BCUT2D eigenvalue weighted by Gasteiger charge is 2.02. The highest BCUT2D eigenvalue weighted by molar-refractivity contribution is 5.78. The Morgan fingerprint density at radius 2 is 2.23 bits per heavy atom. The maximum Gasteiger partial charge on any atom is 0.187 e. The third kappa shape index (κ3) is 4.51. The van der Waals surface area contributed by atoms with Crippen LogP contribution in [0.1, 0.15) is 26.2 Å². The van der Waals surface area contributed by atoms with E-state index in [4.69, 9.17) is 4.74 Å². The van der Waals surface area contributed by atoms with Gasteiger partial charge in [0.1, 0.15) is 0 Å².